The van der Waals surface area contributed by atoms with Gasteiger partial charge in [0.05, 0.1) is 24.4 Å². The summed E-state index contributed by atoms with van der Waals surface area (Å²) in [5.41, 5.74) is 0.490. The third-order valence-corrected chi connectivity index (χ3v) is 8.24. The molecule has 0 saturated carbocycles. The zero-order valence-electron chi connectivity index (χ0n) is 15.7. The fraction of sp³-hybridized carbons (Fsp3) is 0.368. The van der Waals surface area contributed by atoms with Gasteiger partial charge in [-0.1, -0.05) is 58.2 Å². The maximum Gasteiger partial charge on any atom is 0.300 e. The van der Waals surface area contributed by atoms with Crippen molar-refractivity contribution in [2.24, 2.45) is 9.63 Å². The van der Waals surface area contributed by atoms with E-state index < -0.39 is 15.7 Å². The molecule has 1 fully saturated rings. The van der Waals surface area contributed by atoms with Crippen molar-refractivity contribution in [2.75, 3.05) is 32.3 Å². The normalized spacial score (nSPS) is 25.4. The molecule has 2 aromatic rings. The van der Waals surface area contributed by atoms with Gasteiger partial charge in [-0.05, 0) is 23.8 Å². The van der Waals surface area contributed by atoms with Crippen molar-refractivity contribution in [1.82, 2.24) is 0 Å². The Morgan fingerprint density at radius 3 is 2.64 bits per heavy atom. The molecule has 0 aliphatic carbocycles. The summed E-state index contributed by atoms with van der Waals surface area (Å²) in [6.07, 6.45) is 0.809. The maximum atomic E-state index is 12.4. The maximum absolute atomic E-state index is 12.4. The summed E-state index contributed by atoms with van der Waals surface area (Å²) < 4.78 is 28.4. The van der Waals surface area contributed by atoms with E-state index in [4.69, 9.17) is 11.6 Å². The number of benzene rings is 2. The van der Waals surface area contributed by atoms with E-state index in [9.17, 15) is 13.5 Å². The van der Waals surface area contributed by atoms with Crippen LogP contribution in [-0.4, -0.2) is 50.3 Å². The van der Waals surface area contributed by atoms with Crippen LogP contribution in [-0.2, 0) is 22.2 Å². The second-order valence-electron chi connectivity index (χ2n) is 7.05. The molecule has 28 heavy (non-hydrogen) atoms. The molecular weight excluding hydrogens is 418 g/mol. The Morgan fingerprint density at radius 2 is 1.96 bits per heavy atom. The quantitative estimate of drug-likeness (QED) is 0.549. The molecule has 150 valence electrons. The summed E-state index contributed by atoms with van der Waals surface area (Å²) in [6, 6.07) is 14.7. The molecule has 0 aromatic heterocycles. The molecular formula is C19H23ClN3O3S2+. The lowest BCUT2D eigenvalue weighted by Crippen LogP contribution is -2.58. The van der Waals surface area contributed by atoms with Gasteiger partial charge >= 0.3 is 10.0 Å². The summed E-state index contributed by atoms with van der Waals surface area (Å²) in [6.45, 7) is 0.715. The first-order valence-corrected chi connectivity index (χ1v) is 11.7. The van der Waals surface area contributed by atoms with Crippen molar-refractivity contribution in [2.45, 2.75) is 17.0 Å². The van der Waals surface area contributed by atoms with Crippen LogP contribution in [0.25, 0.3) is 0 Å². The molecule has 1 heterocycles. The summed E-state index contributed by atoms with van der Waals surface area (Å²) in [5.74, 6) is 1.19. The number of thioether (sulfide) groups is 1. The second kappa shape index (κ2) is 8.12. The Labute approximate surface area is 174 Å². The van der Waals surface area contributed by atoms with Crippen LogP contribution in [0.2, 0.25) is 5.02 Å². The molecule has 1 N–H and O–H groups in total. The number of nitrogens with zero attached hydrogens (tertiary/aromatic N) is 3. The van der Waals surface area contributed by atoms with Crippen LogP contribution in [0.3, 0.4) is 0 Å². The average molecular weight is 441 g/mol. The van der Waals surface area contributed by atoms with Crippen LogP contribution in [0.1, 0.15) is 11.1 Å². The molecule has 0 amide bonds. The van der Waals surface area contributed by atoms with E-state index in [1.165, 1.54) is 24.7 Å². The van der Waals surface area contributed by atoms with E-state index in [1.807, 2.05) is 25.2 Å². The molecule has 1 aliphatic rings. The van der Waals surface area contributed by atoms with E-state index in [2.05, 4.69) is 21.8 Å². The van der Waals surface area contributed by atoms with Gasteiger partial charge in [0, 0.05) is 19.0 Å². The van der Waals surface area contributed by atoms with Crippen molar-refractivity contribution in [1.29, 1.82) is 0 Å². The number of quaternary nitrogens is 1. The standard InChI is InChI=1S/C19H23ClN3O3S2/c1-21-22-28(25,26)18-12-16(8-9-17(18)20)19(24)13-27-14-23(19,2)11-10-15-6-4-3-5-7-15/h3-9,12,24H,10-11,13-14H2,1-2H3/q+1. The molecule has 6 nitrogen and oxygen atoms in total. The fourth-order valence-electron chi connectivity index (χ4n) is 3.42. The highest BCUT2D eigenvalue weighted by molar-refractivity contribution is 7.99. The van der Waals surface area contributed by atoms with Gasteiger partial charge in [-0.25, -0.2) is 0 Å². The highest BCUT2D eigenvalue weighted by atomic mass is 35.5. The molecule has 1 saturated heterocycles. The first kappa shape index (κ1) is 21.3. The number of likely N-dealkylation sites (N-methyl/N-ethyl adjacent to an activating group) is 1. The zero-order valence-corrected chi connectivity index (χ0v) is 18.1. The Bertz CT molecular complexity index is 985. The summed E-state index contributed by atoms with van der Waals surface area (Å²) in [4.78, 5) is -0.141. The zero-order chi connectivity index (χ0) is 20.4. The SMILES string of the molecule is CN=NS(=O)(=O)c1cc(C2(O)CSC[N+]2(C)CCc2ccccc2)ccc1Cl. The number of aliphatic hydroxyl groups is 1. The minimum Gasteiger partial charge on any atom is -0.338 e. The molecule has 0 bridgehead atoms. The average Bonchev–Trinajstić information content (AvgIpc) is 2.97. The van der Waals surface area contributed by atoms with Crippen molar-refractivity contribution in [3.63, 3.8) is 0 Å². The van der Waals surface area contributed by atoms with Gasteiger partial charge in [0.25, 0.3) is 0 Å². The van der Waals surface area contributed by atoms with Crippen LogP contribution >= 0.6 is 23.4 Å². The fourth-order valence-corrected chi connectivity index (χ4v) is 6.32. The van der Waals surface area contributed by atoms with E-state index in [-0.39, 0.29) is 9.92 Å². The molecule has 0 radical (unpaired) electrons. The van der Waals surface area contributed by atoms with E-state index in [0.717, 1.165) is 12.3 Å². The minimum atomic E-state index is -4.01. The van der Waals surface area contributed by atoms with Crippen LogP contribution in [0, 0.1) is 0 Å². The van der Waals surface area contributed by atoms with Gasteiger partial charge in [-0.2, -0.15) is 13.5 Å². The Morgan fingerprint density at radius 1 is 1.25 bits per heavy atom. The monoisotopic (exact) mass is 440 g/mol. The van der Waals surface area contributed by atoms with Gasteiger partial charge in [-0.3, -0.25) is 4.48 Å². The number of hydrogen-bond donors (Lipinski definition) is 1. The van der Waals surface area contributed by atoms with Gasteiger partial charge in [0.15, 0.2) is 0 Å². The molecule has 2 unspecified atom stereocenters. The predicted molar refractivity (Wildman–Crippen MR) is 112 cm³/mol. The predicted octanol–water partition coefficient (Wildman–Crippen LogP) is 3.65. The van der Waals surface area contributed by atoms with Gasteiger partial charge in [0.1, 0.15) is 10.8 Å². The first-order chi connectivity index (χ1) is 13.2. The first-order valence-electron chi connectivity index (χ1n) is 8.77. The molecule has 2 atom stereocenters. The third kappa shape index (κ3) is 3.97. The summed E-state index contributed by atoms with van der Waals surface area (Å²) in [7, 11) is -0.728. The van der Waals surface area contributed by atoms with Crippen molar-refractivity contribution in [3.05, 3.63) is 64.7 Å². The van der Waals surface area contributed by atoms with Crippen LogP contribution in [0.4, 0.5) is 0 Å². The van der Waals surface area contributed by atoms with Gasteiger partial charge in [0.2, 0.25) is 5.72 Å². The Hall–Kier alpha value is -1.45. The number of halogens is 1. The van der Waals surface area contributed by atoms with E-state index >= 15 is 0 Å². The van der Waals surface area contributed by atoms with Crippen LogP contribution < -0.4 is 0 Å². The molecule has 9 heteroatoms. The minimum absolute atomic E-state index is 0.0592. The molecule has 2 aromatic carbocycles. The van der Waals surface area contributed by atoms with Crippen LogP contribution in [0.15, 0.2) is 63.1 Å². The molecule has 0 spiro atoms. The largest absolute Gasteiger partial charge is 0.338 e. The number of rotatable bonds is 6. The lowest BCUT2D eigenvalue weighted by Gasteiger charge is -2.42. The van der Waals surface area contributed by atoms with E-state index in [1.54, 1.807) is 17.8 Å². The van der Waals surface area contributed by atoms with Gasteiger partial charge in [-0.15, -0.1) is 0 Å². The smallest absolute Gasteiger partial charge is 0.300 e. The molecule has 3 rings (SSSR count). The highest BCUT2D eigenvalue weighted by Crippen LogP contribution is 2.44. The van der Waals surface area contributed by atoms with Crippen molar-refractivity contribution < 1.29 is 18.0 Å². The Balaban J connectivity index is 1.96. The lowest BCUT2D eigenvalue weighted by atomic mass is 10.00. The van der Waals surface area contributed by atoms with Crippen molar-refractivity contribution >= 4 is 33.4 Å². The highest BCUT2D eigenvalue weighted by Gasteiger charge is 2.53. The van der Waals surface area contributed by atoms with Crippen LogP contribution in [0.5, 0.6) is 0 Å². The number of sulfonamides is 1. The van der Waals surface area contributed by atoms with Crippen molar-refractivity contribution in [3.8, 4) is 0 Å². The summed E-state index contributed by atoms with van der Waals surface area (Å²) in [5, 5.41) is 15.1. The van der Waals surface area contributed by atoms with Gasteiger partial charge < -0.3 is 5.11 Å². The molecule has 1 aliphatic heterocycles. The second-order valence-corrected chi connectivity index (χ2v) is 9.97. The Kier molecular flexibility index (Phi) is 6.17. The van der Waals surface area contributed by atoms with E-state index in [0.29, 0.717) is 22.3 Å². The number of hydrogen-bond acceptors (Lipinski definition) is 5. The third-order valence-electron chi connectivity index (χ3n) is 5.17. The topological polar surface area (TPSA) is 79.1 Å². The summed E-state index contributed by atoms with van der Waals surface area (Å²) >= 11 is 7.75. The lowest BCUT2D eigenvalue weighted by molar-refractivity contribution is -0.973.